The summed E-state index contributed by atoms with van der Waals surface area (Å²) in [6.07, 6.45) is 3.16. The number of nitrogens with zero attached hydrogens (tertiary/aromatic N) is 6. The Bertz CT molecular complexity index is 639. The van der Waals surface area contributed by atoms with Gasteiger partial charge in [0.25, 0.3) is 0 Å². The Hall–Kier alpha value is -2.29. The number of nitro groups is 1. The highest BCUT2D eigenvalue weighted by molar-refractivity contribution is 7.09. The molecule has 9 heteroatoms. The zero-order chi connectivity index (χ0) is 14.8. The van der Waals surface area contributed by atoms with Crippen LogP contribution in [0.3, 0.4) is 0 Å². The van der Waals surface area contributed by atoms with Crippen molar-refractivity contribution >= 4 is 28.2 Å². The van der Waals surface area contributed by atoms with E-state index in [9.17, 15) is 10.1 Å². The maximum atomic E-state index is 11.2. The molecule has 3 rings (SSSR count). The molecule has 2 aromatic heterocycles. The predicted octanol–water partition coefficient (Wildman–Crippen LogP) is 1.48. The van der Waals surface area contributed by atoms with Crippen LogP contribution in [-0.2, 0) is 0 Å². The van der Waals surface area contributed by atoms with E-state index < -0.39 is 0 Å². The van der Waals surface area contributed by atoms with Gasteiger partial charge in [-0.25, -0.2) is 9.97 Å². The molecule has 2 aromatic rings. The third-order valence-corrected chi connectivity index (χ3v) is 4.22. The number of aromatic nitrogens is 3. The summed E-state index contributed by atoms with van der Waals surface area (Å²) in [5, 5.41) is 12.1. The zero-order valence-electron chi connectivity index (χ0n) is 11.5. The quantitative estimate of drug-likeness (QED) is 0.626. The molecule has 0 N–H and O–H groups in total. The SMILES string of the molecule is Cc1ccnc(N2CCN(c3ncns3)CC2)c1[N+](=O)[O-]. The Morgan fingerprint density at radius 2 is 1.95 bits per heavy atom. The van der Waals surface area contributed by atoms with Gasteiger partial charge in [-0.2, -0.15) is 4.37 Å². The second-order valence-electron chi connectivity index (χ2n) is 4.76. The molecule has 1 saturated heterocycles. The van der Waals surface area contributed by atoms with Gasteiger partial charge in [-0.1, -0.05) is 0 Å². The van der Waals surface area contributed by atoms with E-state index in [0.717, 1.165) is 18.2 Å². The highest BCUT2D eigenvalue weighted by Crippen LogP contribution is 2.30. The lowest BCUT2D eigenvalue weighted by molar-refractivity contribution is -0.384. The summed E-state index contributed by atoms with van der Waals surface area (Å²) in [6, 6.07) is 1.67. The highest BCUT2D eigenvalue weighted by Gasteiger charge is 2.27. The minimum absolute atomic E-state index is 0.0989. The number of hydrogen-bond acceptors (Lipinski definition) is 8. The largest absolute Gasteiger partial charge is 0.347 e. The maximum absolute atomic E-state index is 11.2. The molecule has 0 bridgehead atoms. The highest BCUT2D eigenvalue weighted by atomic mass is 32.1. The van der Waals surface area contributed by atoms with Gasteiger partial charge in [0.1, 0.15) is 6.33 Å². The third kappa shape index (κ3) is 2.64. The van der Waals surface area contributed by atoms with Crippen molar-refractivity contribution in [3.8, 4) is 0 Å². The molecule has 0 aliphatic carbocycles. The van der Waals surface area contributed by atoms with Gasteiger partial charge < -0.3 is 9.80 Å². The van der Waals surface area contributed by atoms with Gasteiger partial charge in [-0.15, -0.1) is 0 Å². The lowest BCUT2D eigenvalue weighted by atomic mass is 10.2. The predicted molar refractivity (Wildman–Crippen MR) is 80.0 cm³/mol. The van der Waals surface area contributed by atoms with E-state index >= 15 is 0 Å². The summed E-state index contributed by atoms with van der Waals surface area (Å²) in [5.41, 5.74) is 0.735. The monoisotopic (exact) mass is 306 g/mol. The number of piperazine rings is 1. The summed E-state index contributed by atoms with van der Waals surface area (Å²) >= 11 is 1.36. The van der Waals surface area contributed by atoms with Crippen LogP contribution in [0, 0.1) is 17.0 Å². The van der Waals surface area contributed by atoms with E-state index in [4.69, 9.17) is 0 Å². The summed E-state index contributed by atoms with van der Waals surface area (Å²) in [6.45, 7) is 4.60. The van der Waals surface area contributed by atoms with Crippen LogP contribution >= 0.6 is 11.5 Å². The Morgan fingerprint density at radius 3 is 2.57 bits per heavy atom. The topological polar surface area (TPSA) is 88.3 Å². The van der Waals surface area contributed by atoms with Crippen molar-refractivity contribution in [1.29, 1.82) is 0 Å². The molecule has 3 heterocycles. The molecule has 8 nitrogen and oxygen atoms in total. The second kappa shape index (κ2) is 5.60. The van der Waals surface area contributed by atoms with Gasteiger partial charge in [0, 0.05) is 49.5 Å². The average Bonchev–Trinajstić information content (AvgIpc) is 3.01. The van der Waals surface area contributed by atoms with Crippen molar-refractivity contribution in [2.24, 2.45) is 0 Å². The lowest BCUT2D eigenvalue weighted by Crippen LogP contribution is -2.47. The number of rotatable bonds is 3. The van der Waals surface area contributed by atoms with Crippen LogP contribution in [0.4, 0.5) is 16.6 Å². The molecule has 0 aromatic carbocycles. The number of anilines is 2. The van der Waals surface area contributed by atoms with Crippen LogP contribution in [0.2, 0.25) is 0 Å². The fraction of sp³-hybridized carbons (Fsp3) is 0.417. The van der Waals surface area contributed by atoms with Crippen LogP contribution in [0.1, 0.15) is 5.56 Å². The number of aryl methyl sites for hydroxylation is 1. The fourth-order valence-corrected chi connectivity index (χ4v) is 2.99. The van der Waals surface area contributed by atoms with Crippen LogP contribution < -0.4 is 9.80 Å². The summed E-state index contributed by atoms with van der Waals surface area (Å²) in [7, 11) is 0. The van der Waals surface area contributed by atoms with Gasteiger partial charge in [0.15, 0.2) is 0 Å². The van der Waals surface area contributed by atoms with Gasteiger partial charge in [-0.3, -0.25) is 10.1 Å². The van der Waals surface area contributed by atoms with Crippen molar-refractivity contribution in [1.82, 2.24) is 14.3 Å². The fourth-order valence-electron chi connectivity index (χ4n) is 2.41. The summed E-state index contributed by atoms with van der Waals surface area (Å²) < 4.78 is 4.00. The number of hydrogen-bond donors (Lipinski definition) is 0. The summed E-state index contributed by atoms with van der Waals surface area (Å²) in [5.74, 6) is 0.455. The van der Waals surface area contributed by atoms with Crippen LogP contribution in [0.15, 0.2) is 18.6 Å². The Balaban J connectivity index is 1.78. The van der Waals surface area contributed by atoms with E-state index in [2.05, 4.69) is 19.2 Å². The molecule has 1 fully saturated rings. The molecule has 0 atom stereocenters. The van der Waals surface area contributed by atoms with E-state index in [1.807, 2.05) is 4.90 Å². The minimum Gasteiger partial charge on any atom is -0.347 e. The first-order valence-corrected chi connectivity index (χ1v) is 7.30. The van der Waals surface area contributed by atoms with E-state index in [-0.39, 0.29) is 10.6 Å². The lowest BCUT2D eigenvalue weighted by Gasteiger charge is -2.34. The molecule has 0 saturated carbocycles. The van der Waals surface area contributed by atoms with E-state index in [1.54, 1.807) is 25.5 Å². The third-order valence-electron chi connectivity index (χ3n) is 3.49. The number of pyridine rings is 1. The molecule has 0 amide bonds. The normalized spacial score (nSPS) is 15.3. The van der Waals surface area contributed by atoms with Gasteiger partial charge in [0.05, 0.1) is 4.92 Å². The maximum Gasteiger partial charge on any atom is 0.314 e. The van der Waals surface area contributed by atoms with Crippen LogP contribution in [0.5, 0.6) is 0 Å². The van der Waals surface area contributed by atoms with Crippen LogP contribution in [0.25, 0.3) is 0 Å². The molecule has 0 radical (unpaired) electrons. The van der Waals surface area contributed by atoms with Crippen molar-refractivity contribution in [3.63, 3.8) is 0 Å². The van der Waals surface area contributed by atoms with Gasteiger partial charge in [-0.05, 0) is 13.0 Å². The minimum atomic E-state index is -0.352. The molecule has 0 unspecified atom stereocenters. The molecule has 1 aliphatic rings. The first-order chi connectivity index (χ1) is 10.2. The Labute approximate surface area is 125 Å². The van der Waals surface area contributed by atoms with Crippen molar-refractivity contribution in [2.75, 3.05) is 36.0 Å². The standard InChI is InChI=1S/C12H14N6O2S/c1-9-2-3-13-11(10(9)18(19)20)16-4-6-17(7-5-16)12-14-8-15-21-12/h2-3,8H,4-7H2,1H3. The molecule has 0 spiro atoms. The van der Waals surface area contributed by atoms with Crippen molar-refractivity contribution in [2.45, 2.75) is 6.92 Å². The van der Waals surface area contributed by atoms with Gasteiger partial charge in [0.2, 0.25) is 10.9 Å². The first kappa shape index (κ1) is 13.7. The molecule has 21 heavy (non-hydrogen) atoms. The van der Waals surface area contributed by atoms with Crippen molar-refractivity contribution < 1.29 is 4.92 Å². The van der Waals surface area contributed by atoms with E-state index in [0.29, 0.717) is 24.5 Å². The van der Waals surface area contributed by atoms with Gasteiger partial charge >= 0.3 is 5.69 Å². The molecular formula is C12H14N6O2S. The van der Waals surface area contributed by atoms with E-state index in [1.165, 1.54) is 11.5 Å². The van der Waals surface area contributed by atoms with Crippen molar-refractivity contribution in [3.05, 3.63) is 34.3 Å². The Kier molecular flexibility index (Phi) is 3.65. The molecular weight excluding hydrogens is 292 g/mol. The smallest absolute Gasteiger partial charge is 0.314 e. The zero-order valence-corrected chi connectivity index (χ0v) is 12.3. The van der Waals surface area contributed by atoms with Crippen LogP contribution in [-0.4, -0.2) is 45.4 Å². The summed E-state index contributed by atoms with van der Waals surface area (Å²) in [4.78, 5) is 23.4. The first-order valence-electron chi connectivity index (χ1n) is 6.53. The molecule has 1 aliphatic heterocycles. The second-order valence-corrected chi connectivity index (χ2v) is 5.51. The molecule has 110 valence electrons. The average molecular weight is 306 g/mol. The Morgan fingerprint density at radius 1 is 1.24 bits per heavy atom.